The maximum atomic E-state index is 3.15. The Kier molecular flexibility index (Phi) is 6.55. The van der Waals surface area contributed by atoms with Crippen molar-refractivity contribution >= 4 is 44.6 Å². The second kappa shape index (κ2) is 8.43. The van der Waals surface area contributed by atoms with Gasteiger partial charge in [-0.3, -0.25) is 0 Å². The van der Waals surface area contributed by atoms with E-state index in [1.54, 1.807) is 0 Å². The Morgan fingerprint density at radius 2 is 1.05 bits per heavy atom. The molecule has 0 heterocycles. The molecule has 2 aromatic carbocycles. The van der Waals surface area contributed by atoms with Gasteiger partial charge in [-0.2, -0.15) is 0 Å². The van der Waals surface area contributed by atoms with E-state index in [4.69, 9.17) is 0 Å². The molecule has 0 aliphatic heterocycles. The minimum atomic E-state index is 1.01. The molecule has 2 radical (unpaired) electrons. The van der Waals surface area contributed by atoms with Crippen molar-refractivity contribution in [2.75, 3.05) is 0 Å². The standard InChI is InChI=1S/C18H12Te2/c19-13-17-11-5-3-9-15(17)7-1-2-8-16-10-4-6-12-18(16)14-20/h3-6,9-12H,13-14H2. The van der Waals surface area contributed by atoms with Gasteiger partial charge < -0.3 is 0 Å². The van der Waals surface area contributed by atoms with Gasteiger partial charge in [0, 0.05) is 0 Å². The van der Waals surface area contributed by atoms with E-state index in [0.717, 1.165) is 20.1 Å². The molecule has 0 N–H and O–H groups in total. The van der Waals surface area contributed by atoms with Crippen LogP contribution in [-0.4, -0.2) is 44.6 Å². The van der Waals surface area contributed by atoms with E-state index >= 15 is 0 Å². The van der Waals surface area contributed by atoms with Crippen molar-refractivity contribution in [3.8, 4) is 23.7 Å². The fraction of sp³-hybridized carbons (Fsp3) is 0.111. The van der Waals surface area contributed by atoms with Gasteiger partial charge in [0.1, 0.15) is 0 Å². The third kappa shape index (κ3) is 4.32. The zero-order valence-corrected chi connectivity index (χ0v) is 15.5. The van der Waals surface area contributed by atoms with Gasteiger partial charge in [-0.05, 0) is 0 Å². The fourth-order valence-electron chi connectivity index (χ4n) is 1.73. The summed E-state index contributed by atoms with van der Waals surface area (Å²) < 4.78 is 2.01. The predicted octanol–water partition coefficient (Wildman–Crippen LogP) is 2.43. The monoisotopic (exact) mass is 488 g/mol. The van der Waals surface area contributed by atoms with Crippen LogP contribution in [0.3, 0.4) is 0 Å². The Bertz CT molecular complexity index is 646. The van der Waals surface area contributed by atoms with Gasteiger partial charge in [-0.25, -0.2) is 0 Å². The van der Waals surface area contributed by atoms with Crippen molar-refractivity contribution in [3.05, 3.63) is 70.8 Å². The molecule has 20 heavy (non-hydrogen) atoms. The van der Waals surface area contributed by atoms with Crippen LogP contribution in [0.25, 0.3) is 0 Å². The molecule has 0 nitrogen and oxygen atoms in total. The summed E-state index contributed by atoms with van der Waals surface area (Å²) in [7, 11) is 0. The van der Waals surface area contributed by atoms with E-state index in [1.165, 1.54) is 11.1 Å². The zero-order chi connectivity index (χ0) is 14.2. The summed E-state index contributed by atoms with van der Waals surface area (Å²) >= 11 is 4.14. The average molecular weight is 483 g/mol. The first kappa shape index (κ1) is 15.5. The average Bonchev–Trinajstić information content (AvgIpc) is 2.52. The number of benzene rings is 2. The quantitative estimate of drug-likeness (QED) is 0.455. The topological polar surface area (TPSA) is 0 Å². The first-order valence-electron chi connectivity index (χ1n) is 6.19. The van der Waals surface area contributed by atoms with Gasteiger partial charge in [0.25, 0.3) is 0 Å². The van der Waals surface area contributed by atoms with Crippen molar-refractivity contribution < 1.29 is 0 Å². The number of hydrogen-bond acceptors (Lipinski definition) is 0. The van der Waals surface area contributed by atoms with Crippen LogP contribution in [0.1, 0.15) is 22.3 Å². The molecule has 0 spiro atoms. The minimum absolute atomic E-state index is 1.01. The molecule has 2 heteroatoms. The summed E-state index contributed by atoms with van der Waals surface area (Å²) in [5.74, 6) is 12.2. The third-order valence-corrected chi connectivity index (χ3v) is 4.58. The predicted molar refractivity (Wildman–Crippen MR) is 85.6 cm³/mol. The van der Waals surface area contributed by atoms with Crippen molar-refractivity contribution in [1.29, 1.82) is 0 Å². The summed E-state index contributed by atoms with van der Waals surface area (Å²) in [6.07, 6.45) is 0. The first-order chi connectivity index (χ1) is 9.85. The van der Waals surface area contributed by atoms with Gasteiger partial charge in [0.15, 0.2) is 0 Å². The maximum absolute atomic E-state index is 3.15. The Morgan fingerprint density at radius 1 is 0.650 bits per heavy atom. The summed E-state index contributed by atoms with van der Waals surface area (Å²) in [6.45, 7) is 0. The molecule has 0 bridgehead atoms. The Hall–Kier alpha value is -0.861. The Morgan fingerprint density at radius 3 is 1.45 bits per heavy atom. The first-order valence-corrected chi connectivity index (χ1v) is 9.48. The van der Waals surface area contributed by atoms with Gasteiger partial charge in [0.05, 0.1) is 0 Å². The van der Waals surface area contributed by atoms with Gasteiger partial charge in [-0.15, -0.1) is 0 Å². The summed E-state index contributed by atoms with van der Waals surface area (Å²) in [5.41, 5.74) is 4.72. The summed E-state index contributed by atoms with van der Waals surface area (Å²) in [6, 6.07) is 16.5. The Balaban J connectivity index is 2.22. The van der Waals surface area contributed by atoms with Crippen LogP contribution in [0.4, 0.5) is 0 Å². The van der Waals surface area contributed by atoms with Crippen LogP contribution >= 0.6 is 0 Å². The normalized spacial score (nSPS) is 9.10. The van der Waals surface area contributed by atoms with Crippen molar-refractivity contribution in [2.24, 2.45) is 0 Å². The van der Waals surface area contributed by atoms with Crippen LogP contribution in [-0.2, 0) is 8.94 Å². The molecule has 0 amide bonds. The van der Waals surface area contributed by atoms with Crippen LogP contribution in [0, 0.1) is 23.7 Å². The number of rotatable bonds is 2. The van der Waals surface area contributed by atoms with Gasteiger partial charge in [-0.1, -0.05) is 0 Å². The summed E-state index contributed by atoms with van der Waals surface area (Å²) in [5, 5.41) is 0. The van der Waals surface area contributed by atoms with Crippen LogP contribution in [0.5, 0.6) is 0 Å². The van der Waals surface area contributed by atoms with Crippen molar-refractivity contribution in [2.45, 2.75) is 8.94 Å². The molecule has 0 aliphatic carbocycles. The molecule has 0 unspecified atom stereocenters. The molecule has 96 valence electrons. The SMILES string of the molecule is [Te]Cc1ccccc1C#CC#Cc1ccccc1C[Te]. The van der Waals surface area contributed by atoms with E-state index in [2.05, 4.69) is 105 Å². The molecular formula is C18H12Te2. The molecular weight excluding hydrogens is 471 g/mol. The second-order valence-electron chi connectivity index (χ2n) is 4.10. The van der Waals surface area contributed by atoms with Crippen molar-refractivity contribution in [1.82, 2.24) is 0 Å². The summed E-state index contributed by atoms with van der Waals surface area (Å²) in [4.78, 5) is 0. The van der Waals surface area contributed by atoms with Gasteiger partial charge >= 0.3 is 148 Å². The van der Waals surface area contributed by atoms with Crippen molar-refractivity contribution in [3.63, 3.8) is 0 Å². The fourth-order valence-corrected chi connectivity index (χ4v) is 3.17. The molecule has 2 rings (SSSR count). The van der Waals surface area contributed by atoms with E-state index in [0.29, 0.717) is 0 Å². The molecule has 0 fully saturated rings. The molecule has 0 saturated carbocycles. The van der Waals surface area contributed by atoms with Crippen LogP contribution < -0.4 is 0 Å². The molecule has 0 aliphatic rings. The Labute approximate surface area is 147 Å². The van der Waals surface area contributed by atoms with E-state index in [1.807, 2.05) is 12.1 Å². The third-order valence-electron chi connectivity index (χ3n) is 2.80. The molecule has 2 aromatic rings. The number of hydrogen-bond donors (Lipinski definition) is 0. The van der Waals surface area contributed by atoms with Gasteiger partial charge in [0.2, 0.25) is 0 Å². The van der Waals surface area contributed by atoms with Crippen LogP contribution in [0.2, 0.25) is 0 Å². The van der Waals surface area contributed by atoms with E-state index in [-0.39, 0.29) is 0 Å². The van der Waals surface area contributed by atoms with E-state index < -0.39 is 0 Å². The second-order valence-corrected chi connectivity index (χ2v) is 5.75. The zero-order valence-electron chi connectivity index (χ0n) is 10.8. The van der Waals surface area contributed by atoms with Crippen LogP contribution in [0.15, 0.2) is 48.5 Å². The van der Waals surface area contributed by atoms with E-state index in [9.17, 15) is 0 Å². The molecule has 0 saturated heterocycles. The molecule has 0 aromatic heterocycles. The molecule has 0 atom stereocenters.